The van der Waals surface area contributed by atoms with Gasteiger partial charge in [0.2, 0.25) is 0 Å². The lowest BCUT2D eigenvalue weighted by Crippen LogP contribution is -2.37. The van der Waals surface area contributed by atoms with Gasteiger partial charge in [-0.15, -0.1) is 0 Å². The maximum absolute atomic E-state index is 12.8. The zero-order chi connectivity index (χ0) is 16.2. The van der Waals surface area contributed by atoms with E-state index < -0.39 is 17.6 Å². The lowest BCUT2D eigenvalue weighted by molar-refractivity contribution is -0.138. The Morgan fingerprint density at radius 3 is 2.33 bits per heavy atom. The van der Waals surface area contributed by atoms with Gasteiger partial charge in [0.05, 0.1) is 5.56 Å². The maximum atomic E-state index is 12.8. The number of hydrogen-bond acceptors (Lipinski definition) is 1. The molecule has 0 radical (unpaired) electrons. The van der Waals surface area contributed by atoms with Gasteiger partial charge in [0.15, 0.2) is 0 Å². The topological polar surface area (TPSA) is 29.1 Å². The van der Waals surface area contributed by atoms with Crippen LogP contribution in [0.2, 0.25) is 0 Å². The van der Waals surface area contributed by atoms with Gasteiger partial charge in [-0.25, -0.2) is 0 Å². The molecule has 21 heavy (non-hydrogen) atoms. The quantitative estimate of drug-likeness (QED) is 0.779. The molecule has 0 saturated heterocycles. The molecule has 0 aliphatic carbocycles. The summed E-state index contributed by atoms with van der Waals surface area (Å²) in [6.45, 7) is 5.93. The molecule has 1 atom stereocenters. The second-order valence-corrected chi connectivity index (χ2v) is 5.89. The molecule has 2 nitrogen and oxygen atoms in total. The molecule has 0 bridgehead atoms. The molecule has 1 unspecified atom stereocenters. The monoisotopic (exact) mass is 365 g/mol. The summed E-state index contributed by atoms with van der Waals surface area (Å²) in [4.78, 5) is 12.1. The van der Waals surface area contributed by atoms with E-state index in [1.165, 1.54) is 12.1 Å². The zero-order valence-electron chi connectivity index (χ0n) is 12.2. The third kappa shape index (κ3) is 4.73. The molecule has 118 valence electrons. The van der Waals surface area contributed by atoms with E-state index in [4.69, 9.17) is 0 Å². The van der Waals surface area contributed by atoms with Crippen LogP contribution in [-0.2, 0) is 6.18 Å². The minimum atomic E-state index is -4.49. The molecular formula is C15H19BrF3NO. The van der Waals surface area contributed by atoms with Gasteiger partial charge in [-0.1, -0.05) is 42.6 Å². The predicted molar refractivity (Wildman–Crippen MR) is 80.1 cm³/mol. The molecule has 0 saturated carbocycles. The van der Waals surface area contributed by atoms with E-state index in [1.807, 2.05) is 20.8 Å². The van der Waals surface area contributed by atoms with E-state index in [0.717, 1.165) is 18.9 Å². The normalized spacial score (nSPS) is 13.3. The van der Waals surface area contributed by atoms with Crippen molar-refractivity contribution in [1.82, 2.24) is 5.32 Å². The fourth-order valence-corrected chi connectivity index (χ4v) is 2.76. The van der Waals surface area contributed by atoms with Crippen LogP contribution in [0.25, 0.3) is 0 Å². The minimum Gasteiger partial charge on any atom is -0.349 e. The lowest BCUT2D eigenvalue weighted by Gasteiger charge is -2.22. The molecule has 1 amide bonds. The van der Waals surface area contributed by atoms with Crippen LogP contribution in [0.5, 0.6) is 0 Å². The predicted octanol–water partition coefficient (Wildman–Crippen LogP) is 5.02. The van der Waals surface area contributed by atoms with Crippen molar-refractivity contribution in [2.24, 2.45) is 5.92 Å². The van der Waals surface area contributed by atoms with Gasteiger partial charge in [0.1, 0.15) is 0 Å². The van der Waals surface area contributed by atoms with Gasteiger partial charge in [0, 0.05) is 16.1 Å². The summed E-state index contributed by atoms with van der Waals surface area (Å²) >= 11 is 2.86. The number of hydrogen-bond donors (Lipinski definition) is 1. The summed E-state index contributed by atoms with van der Waals surface area (Å²) in [5.74, 6) is -0.168. The molecule has 0 fully saturated rings. The fraction of sp³-hybridized carbons (Fsp3) is 0.533. The second kappa shape index (κ2) is 7.29. The lowest BCUT2D eigenvalue weighted by atomic mass is 9.95. The van der Waals surface area contributed by atoms with Gasteiger partial charge in [-0.2, -0.15) is 13.2 Å². The molecule has 1 aromatic carbocycles. The summed E-state index contributed by atoms with van der Waals surface area (Å²) in [7, 11) is 0. The second-order valence-electron chi connectivity index (χ2n) is 5.03. The van der Waals surface area contributed by atoms with Crippen molar-refractivity contribution < 1.29 is 18.0 Å². The largest absolute Gasteiger partial charge is 0.417 e. The highest BCUT2D eigenvalue weighted by molar-refractivity contribution is 9.10. The van der Waals surface area contributed by atoms with Crippen LogP contribution in [-0.4, -0.2) is 11.9 Å². The molecule has 1 rings (SSSR count). The summed E-state index contributed by atoms with van der Waals surface area (Å²) in [5.41, 5.74) is -0.825. The molecule has 6 heteroatoms. The number of halogens is 4. The summed E-state index contributed by atoms with van der Waals surface area (Å²) in [6, 6.07) is 3.43. The zero-order valence-corrected chi connectivity index (χ0v) is 13.8. The average molecular weight is 366 g/mol. The van der Waals surface area contributed by atoms with Crippen molar-refractivity contribution in [2.75, 3.05) is 0 Å². The maximum Gasteiger partial charge on any atom is 0.417 e. The van der Waals surface area contributed by atoms with E-state index in [9.17, 15) is 18.0 Å². The average Bonchev–Trinajstić information content (AvgIpc) is 2.39. The first-order valence-electron chi connectivity index (χ1n) is 6.88. The number of alkyl halides is 3. The third-order valence-electron chi connectivity index (χ3n) is 3.65. The number of rotatable bonds is 5. The first kappa shape index (κ1) is 18.0. The highest BCUT2D eigenvalue weighted by Gasteiger charge is 2.33. The molecule has 0 heterocycles. The molecule has 0 spiro atoms. The van der Waals surface area contributed by atoms with Gasteiger partial charge >= 0.3 is 6.18 Å². The highest BCUT2D eigenvalue weighted by atomic mass is 79.9. The van der Waals surface area contributed by atoms with Crippen LogP contribution in [0.3, 0.4) is 0 Å². The van der Waals surface area contributed by atoms with Gasteiger partial charge < -0.3 is 5.32 Å². The molecule has 0 aliphatic rings. The fourth-order valence-electron chi connectivity index (χ4n) is 2.29. The Balaban J connectivity index is 2.94. The van der Waals surface area contributed by atoms with Crippen LogP contribution >= 0.6 is 15.9 Å². The van der Waals surface area contributed by atoms with Crippen LogP contribution in [0.1, 0.15) is 49.5 Å². The van der Waals surface area contributed by atoms with Crippen molar-refractivity contribution >= 4 is 21.8 Å². The van der Waals surface area contributed by atoms with Crippen molar-refractivity contribution in [2.45, 2.75) is 45.8 Å². The first-order chi connectivity index (χ1) is 9.70. The number of amides is 1. The van der Waals surface area contributed by atoms with Crippen molar-refractivity contribution in [3.63, 3.8) is 0 Å². The first-order valence-corrected chi connectivity index (χ1v) is 7.67. The molecule has 1 aromatic rings. The Kier molecular flexibility index (Phi) is 6.25. The molecule has 1 N–H and O–H groups in total. The van der Waals surface area contributed by atoms with Crippen LogP contribution in [0.15, 0.2) is 22.7 Å². The SMILES string of the molecule is CCC(CC)C(C)NC(=O)c1ccc(Br)c(C(F)(F)F)c1. The number of carbonyl (C=O) groups is 1. The molecule has 0 aromatic heterocycles. The van der Waals surface area contributed by atoms with Gasteiger partial charge in [-0.3, -0.25) is 4.79 Å². The Bertz CT molecular complexity index is 498. The van der Waals surface area contributed by atoms with E-state index in [0.29, 0.717) is 5.92 Å². The standard InChI is InChI=1S/C15H19BrF3NO/c1-4-10(5-2)9(3)20-14(21)11-6-7-13(16)12(8-11)15(17,18)19/h6-10H,4-5H2,1-3H3,(H,20,21). The number of benzene rings is 1. The van der Waals surface area contributed by atoms with E-state index in [-0.39, 0.29) is 16.1 Å². The Morgan fingerprint density at radius 1 is 1.29 bits per heavy atom. The van der Waals surface area contributed by atoms with Crippen molar-refractivity contribution in [3.05, 3.63) is 33.8 Å². The number of nitrogens with one attached hydrogen (secondary N) is 1. The molecular weight excluding hydrogens is 347 g/mol. The van der Waals surface area contributed by atoms with E-state index in [2.05, 4.69) is 21.2 Å². The Hall–Kier alpha value is -1.04. The van der Waals surface area contributed by atoms with Crippen LogP contribution in [0.4, 0.5) is 13.2 Å². The van der Waals surface area contributed by atoms with Crippen molar-refractivity contribution in [1.29, 1.82) is 0 Å². The van der Waals surface area contributed by atoms with E-state index in [1.54, 1.807) is 0 Å². The van der Waals surface area contributed by atoms with E-state index >= 15 is 0 Å². The Morgan fingerprint density at radius 2 is 1.86 bits per heavy atom. The smallest absolute Gasteiger partial charge is 0.349 e. The summed E-state index contributed by atoms with van der Waals surface area (Å²) in [6.07, 6.45) is -2.67. The number of carbonyl (C=O) groups excluding carboxylic acids is 1. The van der Waals surface area contributed by atoms with Gasteiger partial charge in [0.25, 0.3) is 5.91 Å². The molecule has 0 aliphatic heterocycles. The van der Waals surface area contributed by atoms with Crippen molar-refractivity contribution in [3.8, 4) is 0 Å². The summed E-state index contributed by atoms with van der Waals surface area (Å²) < 4.78 is 38.4. The summed E-state index contributed by atoms with van der Waals surface area (Å²) in [5, 5.41) is 2.77. The van der Waals surface area contributed by atoms with Crippen LogP contribution < -0.4 is 5.32 Å². The Labute approximate surface area is 131 Å². The van der Waals surface area contributed by atoms with Crippen LogP contribution in [0, 0.1) is 5.92 Å². The third-order valence-corrected chi connectivity index (χ3v) is 4.34. The highest BCUT2D eigenvalue weighted by Crippen LogP contribution is 2.35. The van der Waals surface area contributed by atoms with Gasteiger partial charge in [-0.05, 0) is 31.0 Å². The minimum absolute atomic E-state index is 0.0170.